The Kier molecular flexibility index (Phi) is 5.56. The first-order valence-electron chi connectivity index (χ1n) is 6.39. The maximum atomic E-state index is 12.7. The molecule has 0 saturated carbocycles. The highest BCUT2D eigenvalue weighted by Gasteiger charge is 2.31. The molecule has 3 nitrogen and oxygen atoms in total. The number of aryl methyl sites for hydroxylation is 1. The van der Waals surface area contributed by atoms with Gasteiger partial charge in [0.15, 0.2) is 0 Å². The van der Waals surface area contributed by atoms with Crippen molar-refractivity contribution in [2.45, 2.75) is 38.9 Å². The Hall–Kier alpha value is -1.56. The number of hydrogen-bond acceptors (Lipinski definition) is 2. The lowest BCUT2D eigenvalue weighted by molar-refractivity contribution is -0.137. The van der Waals surface area contributed by atoms with Crippen molar-refractivity contribution in [2.24, 2.45) is 0 Å². The first kappa shape index (κ1) is 16.5. The standard InChI is InChI=1S/C14H19F3N2O/c1-9(18-3)4-5-11-6-7-12(14(15,16)17)8-13(11)19-10(2)20/h6-9,18H,4-5H2,1-3H3,(H,19,20). The molecule has 0 saturated heterocycles. The molecule has 1 atom stereocenters. The van der Waals surface area contributed by atoms with E-state index >= 15 is 0 Å². The fourth-order valence-electron chi connectivity index (χ4n) is 1.79. The summed E-state index contributed by atoms with van der Waals surface area (Å²) >= 11 is 0. The number of benzene rings is 1. The minimum Gasteiger partial charge on any atom is -0.326 e. The summed E-state index contributed by atoms with van der Waals surface area (Å²) in [5.41, 5.74) is 0.178. The van der Waals surface area contributed by atoms with Crippen LogP contribution in [0.2, 0.25) is 0 Å². The van der Waals surface area contributed by atoms with Gasteiger partial charge in [-0.15, -0.1) is 0 Å². The van der Waals surface area contributed by atoms with Gasteiger partial charge in [-0.1, -0.05) is 6.07 Å². The number of carbonyl (C=O) groups is 1. The Morgan fingerprint density at radius 2 is 2.00 bits per heavy atom. The highest BCUT2D eigenvalue weighted by Crippen LogP contribution is 2.32. The van der Waals surface area contributed by atoms with Crippen molar-refractivity contribution in [3.05, 3.63) is 29.3 Å². The summed E-state index contributed by atoms with van der Waals surface area (Å²) < 4.78 is 38.0. The van der Waals surface area contributed by atoms with Crippen molar-refractivity contribution in [2.75, 3.05) is 12.4 Å². The fourth-order valence-corrected chi connectivity index (χ4v) is 1.79. The minimum absolute atomic E-state index is 0.232. The molecule has 0 aliphatic carbocycles. The topological polar surface area (TPSA) is 41.1 Å². The lowest BCUT2D eigenvalue weighted by Crippen LogP contribution is -2.22. The van der Waals surface area contributed by atoms with Gasteiger partial charge in [0.25, 0.3) is 0 Å². The Morgan fingerprint density at radius 3 is 2.50 bits per heavy atom. The monoisotopic (exact) mass is 288 g/mol. The molecule has 0 aromatic heterocycles. The molecule has 0 aliphatic heterocycles. The molecule has 0 fully saturated rings. The van der Waals surface area contributed by atoms with Crippen LogP contribution in [0.15, 0.2) is 18.2 Å². The van der Waals surface area contributed by atoms with Gasteiger partial charge in [0.2, 0.25) is 5.91 Å². The third kappa shape index (κ3) is 4.85. The second kappa shape index (κ2) is 6.74. The normalized spacial score (nSPS) is 13.1. The van der Waals surface area contributed by atoms with Crippen LogP contribution in [0.4, 0.5) is 18.9 Å². The van der Waals surface area contributed by atoms with Crippen LogP contribution in [0.3, 0.4) is 0 Å². The summed E-state index contributed by atoms with van der Waals surface area (Å²) in [5.74, 6) is -0.382. The Balaban J connectivity index is 3.00. The van der Waals surface area contributed by atoms with E-state index in [-0.39, 0.29) is 17.6 Å². The molecule has 1 aromatic carbocycles. The van der Waals surface area contributed by atoms with Crippen LogP contribution in [0, 0.1) is 0 Å². The Labute approximate surface area is 116 Å². The van der Waals surface area contributed by atoms with Gasteiger partial charge in [-0.25, -0.2) is 0 Å². The molecule has 0 radical (unpaired) electrons. The second-order valence-corrected chi connectivity index (χ2v) is 4.78. The number of hydrogen-bond donors (Lipinski definition) is 2. The summed E-state index contributed by atoms with van der Waals surface area (Å²) in [7, 11) is 1.83. The van der Waals surface area contributed by atoms with Gasteiger partial charge in [-0.05, 0) is 44.5 Å². The van der Waals surface area contributed by atoms with E-state index in [1.54, 1.807) is 0 Å². The Morgan fingerprint density at radius 1 is 1.35 bits per heavy atom. The van der Waals surface area contributed by atoms with Crippen LogP contribution >= 0.6 is 0 Å². The maximum Gasteiger partial charge on any atom is 0.416 e. The molecule has 2 N–H and O–H groups in total. The molecule has 1 unspecified atom stereocenters. The predicted octanol–water partition coefficient (Wildman–Crippen LogP) is 3.20. The van der Waals surface area contributed by atoms with E-state index in [0.717, 1.165) is 18.6 Å². The zero-order chi connectivity index (χ0) is 15.3. The van der Waals surface area contributed by atoms with Gasteiger partial charge in [0.1, 0.15) is 0 Å². The number of carbonyl (C=O) groups excluding carboxylic acids is 1. The molecule has 0 heterocycles. The van der Waals surface area contributed by atoms with Gasteiger partial charge in [-0.3, -0.25) is 4.79 Å². The molecule has 0 spiro atoms. The third-order valence-corrected chi connectivity index (χ3v) is 3.09. The number of rotatable bonds is 5. The molecule has 112 valence electrons. The summed E-state index contributed by atoms with van der Waals surface area (Å²) in [6.45, 7) is 3.27. The van der Waals surface area contributed by atoms with Crippen LogP contribution in [-0.4, -0.2) is 19.0 Å². The van der Waals surface area contributed by atoms with Gasteiger partial charge in [0, 0.05) is 18.7 Å². The number of amides is 1. The van der Waals surface area contributed by atoms with Crippen molar-refractivity contribution >= 4 is 11.6 Å². The molecule has 20 heavy (non-hydrogen) atoms. The van der Waals surface area contributed by atoms with Crippen LogP contribution in [0.5, 0.6) is 0 Å². The maximum absolute atomic E-state index is 12.7. The van der Waals surface area contributed by atoms with E-state index in [1.807, 2.05) is 14.0 Å². The van der Waals surface area contributed by atoms with Crippen molar-refractivity contribution in [1.82, 2.24) is 5.32 Å². The highest BCUT2D eigenvalue weighted by atomic mass is 19.4. The molecule has 1 aromatic rings. The minimum atomic E-state index is -4.41. The van der Waals surface area contributed by atoms with Crippen molar-refractivity contribution < 1.29 is 18.0 Å². The lowest BCUT2D eigenvalue weighted by Gasteiger charge is -2.15. The average Bonchev–Trinajstić information content (AvgIpc) is 2.34. The molecule has 0 aliphatic rings. The van der Waals surface area contributed by atoms with E-state index < -0.39 is 11.7 Å². The van der Waals surface area contributed by atoms with Crippen LogP contribution < -0.4 is 10.6 Å². The first-order chi connectivity index (χ1) is 9.24. The van der Waals surface area contributed by atoms with E-state index in [1.165, 1.54) is 13.0 Å². The van der Waals surface area contributed by atoms with Gasteiger partial charge >= 0.3 is 6.18 Å². The first-order valence-corrected chi connectivity index (χ1v) is 6.39. The van der Waals surface area contributed by atoms with Gasteiger partial charge < -0.3 is 10.6 Å². The zero-order valence-corrected chi connectivity index (χ0v) is 11.8. The van der Waals surface area contributed by atoms with Crippen molar-refractivity contribution in [3.8, 4) is 0 Å². The van der Waals surface area contributed by atoms with E-state index in [4.69, 9.17) is 0 Å². The molecular weight excluding hydrogens is 269 g/mol. The third-order valence-electron chi connectivity index (χ3n) is 3.09. The summed E-state index contributed by atoms with van der Waals surface area (Å²) in [5, 5.41) is 5.53. The van der Waals surface area contributed by atoms with E-state index in [0.29, 0.717) is 12.0 Å². The summed E-state index contributed by atoms with van der Waals surface area (Å²) in [6.07, 6.45) is -3.05. The number of halogens is 3. The van der Waals surface area contributed by atoms with Crippen LogP contribution in [0.1, 0.15) is 31.4 Å². The molecule has 1 rings (SSSR count). The average molecular weight is 288 g/mol. The number of nitrogens with one attached hydrogen (secondary N) is 2. The van der Waals surface area contributed by atoms with Crippen LogP contribution in [-0.2, 0) is 17.4 Å². The smallest absolute Gasteiger partial charge is 0.326 e. The molecule has 0 bridgehead atoms. The van der Waals surface area contributed by atoms with E-state index in [2.05, 4.69) is 10.6 Å². The molecule has 6 heteroatoms. The number of anilines is 1. The Bertz CT molecular complexity index is 472. The van der Waals surface area contributed by atoms with Crippen LogP contribution in [0.25, 0.3) is 0 Å². The molecular formula is C14H19F3N2O. The zero-order valence-electron chi connectivity index (χ0n) is 11.8. The summed E-state index contributed by atoms with van der Waals surface area (Å²) in [4.78, 5) is 11.1. The number of alkyl halides is 3. The second-order valence-electron chi connectivity index (χ2n) is 4.78. The SMILES string of the molecule is CNC(C)CCc1ccc(C(F)(F)F)cc1NC(C)=O. The van der Waals surface area contributed by atoms with Crippen molar-refractivity contribution in [3.63, 3.8) is 0 Å². The molecule has 1 amide bonds. The van der Waals surface area contributed by atoms with Gasteiger partial charge in [-0.2, -0.15) is 13.2 Å². The summed E-state index contributed by atoms with van der Waals surface area (Å²) in [6, 6.07) is 3.71. The highest BCUT2D eigenvalue weighted by molar-refractivity contribution is 5.89. The lowest BCUT2D eigenvalue weighted by atomic mass is 10.0. The fraction of sp³-hybridized carbons (Fsp3) is 0.500. The predicted molar refractivity (Wildman–Crippen MR) is 72.6 cm³/mol. The van der Waals surface area contributed by atoms with Crippen molar-refractivity contribution in [1.29, 1.82) is 0 Å². The quantitative estimate of drug-likeness (QED) is 0.873. The van der Waals surface area contributed by atoms with E-state index in [9.17, 15) is 18.0 Å². The largest absolute Gasteiger partial charge is 0.416 e. The van der Waals surface area contributed by atoms with Gasteiger partial charge in [0.05, 0.1) is 5.56 Å².